The molecule has 6 nitrogen and oxygen atoms in total. The van der Waals surface area contributed by atoms with Gasteiger partial charge in [0.25, 0.3) is 0 Å². The van der Waals surface area contributed by atoms with Crippen molar-refractivity contribution in [1.29, 1.82) is 0 Å². The highest BCUT2D eigenvalue weighted by atomic mass is 79.9. The van der Waals surface area contributed by atoms with Crippen LogP contribution in [-0.4, -0.2) is 26.4 Å². The van der Waals surface area contributed by atoms with Gasteiger partial charge in [0.1, 0.15) is 0 Å². The van der Waals surface area contributed by atoms with Crippen LogP contribution in [0.4, 0.5) is 11.6 Å². The second kappa shape index (κ2) is 6.47. The second-order valence-electron chi connectivity index (χ2n) is 3.86. The minimum atomic E-state index is -0.180. The van der Waals surface area contributed by atoms with Gasteiger partial charge in [-0.2, -0.15) is 0 Å². The number of benzene rings is 1. The highest BCUT2D eigenvalue weighted by Crippen LogP contribution is 2.26. The third-order valence-corrected chi connectivity index (χ3v) is 4.23. The summed E-state index contributed by atoms with van der Waals surface area (Å²) in [6.45, 7) is 0. The van der Waals surface area contributed by atoms with Gasteiger partial charge in [-0.3, -0.25) is 9.36 Å². The number of aromatic nitrogens is 3. The normalized spacial score (nSPS) is 10.6. The molecule has 0 unspecified atom stereocenters. The van der Waals surface area contributed by atoms with Crippen molar-refractivity contribution >= 4 is 56.8 Å². The summed E-state index contributed by atoms with van der Waals surface area (Å²) in [7, 11) is 1.74. The van der Waals surface area contributed by atoms with E-state index in [1.54, 1.807) is 29.8 Å². The van der Waals surface area contributed by atoms with Crippen molar-refractivity contribution in [3.05, 3.63) is 27.7 Å². The summed E-state index contributed by atoms with van der Waals surface area (Å²) in [4.78, 5) is 11.9. The molecule has 9 heteroatoms. The fourth-order valence-corrected chi connectivity index (χ4v) is 2.80. The van der Waals surface area contributed by atoms with Crippen molar-refractivity contribution in [3.8, 4) is 0 Å². The topological polar surface area (TPSA) is 85.8 Å². The van der Waals surface area contributed by atoms with Crippen LogP contribution < -0.4 is 11.1 Å². The van der Waals surface area contributed by atoms with Crippen molar-refractivity contribution in [2.24, 2.45) is 7.05 Å². The van der Waals surface area contributed by atoms with E-state index in [1.165, 1.54) is 11.8 Å². The number of carbonyl (C=O) groups excluding carboxylic acids is 1. The van der Waals surface area contributed by atoms with Gasteiger partial charge in [-0.15, -0.1) is 10.2 Å². The monoisotopic (exact) mass is 375 g/mol. The Bertz CT molecular complexity index is 648. The van der Waals surface area contributed by atoms with Crippen LogP contribution in [0.2, 0.25) is 5.02 Å². The molecular formula is C11H11BrClN5OS. The maximum Gasteiger partial charge on any atom is 0.234 e. The number of halogens is 2. The Morgan fingerprint density at radius 1 is 1.55 bits per heavy atom. The fraction of sp³-hybridized carbons (Fsp3) is 0.182. The SMILES string of the molecule is Cn1c(N)nnc1SCC(=O)Nc1ccc(Br)cc1Cl. The summed E-state index contributed by atoms with van der Waals surface area (Å²) in [5.41, 5.74) is 6.13. The first-order valence-electron chi connectivity index (χ1n) is 5.50. The maximum absolute atomic E-state index is 11.9. The van der Waals surface area contributed by atoms with Crippen LogP contribution in [-0.2, 0) is 11.8 Å². The molecule has 0 aliphatic heterocycles. The van der Waals surface area contributed by atoms with Gasteiger partial charge in [-0.1, -0.05) is 39.3 Å². The number of hydrogen-bond acceptors (Lipinski definition) is 5. The maximum atomic E-state index is 11.9. The molecule has 0 saturated carbocycles. The van der Waals surface area contributed by atoms with Gasteiger partial charge >= 0.3 is 0 Å². The largest absolute Gasteiger partial charge is 0.368 e. The van der Waals surface area contributed by atoms with E-state index in [-0.39, 0.29) is 11.7 Å². The third kappa shape index (κ3) is 3.65. The molecule has 0 saturated heterocycles. The molecule has 0 radical (unpaired) electrons. The van der Waals surface area contributed by atoms with Gasteiger partial charge in [-0.05, 0) is 18.2 Å². The minimum absolute atomic E-state index is 0.180. The zero-order valence-electron chi connectivity index (χ0n) is 10.4. The van der Waals surface area contributed by atoms with Gasteiger partial charge in [0.05, 0.1) is 16.5 Å². The number of carbonyl (C=O) groups is 1. The van der Waals surface area contributed by atoms with Gasteiger partial charge in [-0.25, -0.2) is 0 Å². The van der Waals surface area contributed by atoms with Crippen LogP contribution in [0.5, 0.6) is 0 Å². The smallest absolute Gasteiger partial charge is 0.234 e. The van der Waals surface area contributed by atoms with Gasteiger partial charge in [0.15, 0.2) is 5.16 Å². The molecule has 0 atom stereocenters. The number of nitrogens with two attached hydrogens (primary N) is 1. The number of anilines is 2. The minimum Gasteiger partial charge on any atom is -0.368 e. The molecule has 1 aromatic heterocycles. The van der Waals surface area contributed by atoms with E-state index in [9.17, 15) is 4.79 Å². The van der Waals surface area contributed by atoms with Crippen LogP contribution in [0.1, 0.15) is 0 Å². The lowest BCUT2D eigenvalue weighted by atomic mass is 10.3. The van der Waals surface area contributed by atoms with E-state index in [2.05, 4.69) is 31.4 Å². The predicted molar refractivity (Wildman–Crippen MR) is 83.9 cm³/mol. The molecule has 1 aromatic carbocycles. The molecule has 1 heterocycles. The third-order valence-electron chi connectivity index (χ3n) is 2.41. The molecule has 3 N–H and O–H groups in total. The van der Waals surface area contributed by atoms with Gasteiger partial charge < -0.3 is 11.1 Å². The van der Waals surface area contributed by atoms with Crippen LogP contribution in [0.3, 0.4) is 0 Å². The zero-order valence-corrected chi connectivity index (χ0v) is 13.6. The number of amides is 1. The first-order chi connectivity index (χ1) is 9.47. The predicted octanol–water partition coefficient (Wildman–Crippen LogP) is 2.54. The highest BCUT2D eigenvalue weighted by Gasteiger charge is 2.11. The second-order valence-corrected chi connectivity index (χ2v) is 6.13. The lowest BCUT2D eigenvalue weighted by Gasteiger charge is -2.07. The highest BCUT2D eigenvalue weighted by molar-refractivity contribution is 9.10. The summed E-state index contributed by atoms with van der Waals surface area (Å²) >= 11 is 10.6. The average Bonchev–Trinajstić information content (AvgIpc) is 2.71. The molecule has 0 aliphatic carbocycles. The lowest BCUT2D eigenvalue weighted by Crippen LogP contribution is -2.14. The number of nitrogens with zero attached hydrogens (tertiary/aromatic N) is 3. The molecule has 20 heavy (non-hydrogen) atoms. The Morgan fingerprint density at radius 3 is 2.90 bits per heavy atom. The first-order valence-corrected chi connectivity index (χ1v) is 7.65. The summed E-state index contributed by atoms with van der Waals surface area (Å²) in [5, 5.41) is 11.4. The van der Waals surface area contributed by atoms with E-state index >= 15 is 0 Å². The Hall–Kier alpha value is -1.25. The molecule has 0 fully saturated rings. The number of thioether (sulfide) groups is 1. The van der Waals surface area contributed by atoms with Crippen molar-refractivity contribution in [2.45, 2.75) is 5.16 Å². The number of nitrogen functional groups attached to an aromatic ring is 1. The molecule has 2 aromatic rings. The van der Waals surface area contributed by atoms with Crippen LogP contribution in [0, 0.1) is 0 Å². The number of hydrogen-bond donors (Lipinski definition) is 2. The van der Waals surface area contributed by atoms with Crippen LogP contribution >= 0.6 is 39.3 Å². The zero-order chi connectivity index (χ0) is 14.7. The van der Waals surface area contributed by atoms with E-state index in [4.69, 9.17) is 17.3 Å². The van der Waals surface area contributed by atoms with Crippen LogP contribution in [0.15, 0.2) is 27.8 Å². The molecule has 0 bridgehead atoms. The molecule has 1 amide bonds. The summed E-state index contributed by atoms with van der Waals surface area (Å²) in [6, 6.07) is 5.25. The molecule has 2 rings (SSSR count). The molecule has 106 valence electrons. The van der Waals surface area contributed by atoms with E-state index in [0.717, 1.165) is 4.47 Å². The lowest BCUT2D eigenvalue weighted by molar-refractivity contribution is -0.113. The molecule has 0 aliphatic rings. The first kappa shape index (κ1) is 15.1. The van der Waals surface area contributed by atoms with Gasteiger partial charge in [0.2, 0.25) is 11.9 Å². The Morgan fingerprint density at radius 2 is 2.30 bits per heavy atom. The van der Waals surface area contributed by atoms with E-state index in [0.29, 0.717) is 21.8 Å². The van der Waals surface area contributed by atoms with Gasteiger partial charge in [0, 0.05) is 11.5 Å². The Kier molecular flexibility index (Phi) is 4.90. The van der Waals surface area contributed by atoms with Crippen molar-refractivity contribution in [3.63, 3.8) is 0 Å². The summed E-state index contributed by atoms with van der Waals surface area (Å²) in [6.07, 6.45) is 0. The quantitative estimate of drug-likeness (QED) is 0.801. The number of rotatable bonds is 4. The summed E-state index contributed by atoms with van der Waals surface area (Å²) in [5.74, 6) is 0.322. The number of nitrogens with one attached hydrogen (secondary N) is 1. The summed E-state index contributed by atoms with van der Waals surface area (Å²) < 4.78 is 2.47. The van der Waals surface area contributed by atoms with Crippen molar-refractivity contribution < 1.29 is 4.79 Å². The van der Waals surface area contributed by atoms with E-state index in [1.807, 2.05) is 0 Å². The standard InChI is InChI=1S/C11H11BrClN5OS/c1-18-10(14)16-17-11(18)20-5-9(19)15-8-3-2-6(12)4-7(8)13/h2-4H,5H2,1H3,(H2,14,16)(H,15,19). The molecular weight excluding hydrogens is 366 g/mol. The Labute approximate surface area is 133 Å². The Balaban J connectivity index is 1.94. The molecule has 0 spiro atoms. The van der Waals surface area contributed by atoms with E-state index < -0.39 is 0 Å². The van der Waals surface area contributed by atoms with Crippen molar-refractivity contribution in [1.82, 2.24) is 14.8 Å². The average molecular weight is 377 g/mol. The van der Waals surface area contributed by atoms with Crippen molar-refractivity contribution in [2.75, 3.05) is 16.8 Å². The van der Waals surface area contributed by atoms with Crippen LogP contribution in [0.25, 0.3) is 0 Å². The fourth-order valence-electron chi connectivity index (χ4n) is 1.36.